The number of benzene rings is 2. The van der Waals surface area contributed by atoms with Crippen LogP contribution in [0.4, 0.5) is 9.52 Å². The Balaban J connectivity index is 0.00000280. The first kappa shape index (κ1) is 22.1. The summed E-state index contributed by atoms with van der Waals surface area (Å²) in [5.74, 6) is -0.0360. The number of thiazole rings is 1. The molecule has 1 heterocycles. The van der Waals surface area contributed by atoms with Crippen molar-refractivity contribution in [2.24, 2.45) is 0 Å². The molecule has 0 aliphatic carbocycles. The summed E-state index contributed by atoms with van der Waals surface area (Å²) in [4.78, 5) is 21.4. The minimum Gasteiger partial charge on any atom is -0.494 e. The van der Waals surface area contributed by atoms with Crippen LogP contribution in [0.1, 0.15) is 15.9 Å². The summed E-state index contributed by atoms with van der Waals surface area (Å²) < 4.78 is 20.0. The first-order valence-electron chi connectivity index (χ1n) is 8.57. The Morgan fingerprint density at radius 3 is 2.61 bits per heavy atom. The van der Waals surface area contributed by atoms with E-state index in [1.54, 1.807) is 18.1 Å². The fraction of sp³-hybridized carbons (Fsp3) is 0.300. The Kier molecular flexibility index (Phi) is 7.35. The van der Waals surface area contributed by atoms with Crippen LogP contribution in [0.5, 0.6) is 5.75 Å². The van der Waals surface area contributed by atoms with Crippen LogP contribution in [0.15, 0.2) is 36.4 Å². The lowest BCUT2D eigenvalue weighted by atomic mass is 10.2. The summed E-state index contributed by atoms with van der Waals surface area (Å²) in [5.41, 5.74) is 2.11. The van der Waals surface area contributed by atoms with Crippen LogP contribution in [0.2, 0.25) is 0 Å². The number of carbonyl (C=O) groups excluding carboxylic acids is 1. The summed E-state index contributed by atoms with van der Waals surface area (Å²) >= 11 is 1.44. The molecule has 0 bridgehead atoms. The lowest BCUT2D eigenvalue weighted by Gasteiger charge is -2.22. The maximum Gasteiger partial charge on any atom is 0.260 e. The first-order valence-corrected chi connectivity index (χ1v) is 9.38. The van der Waals surface area contributed by atoms with Gasteiger partial charge in [0.15, 0.2) is 5.13 Å². The fourth-order valence-corrected chi connectivity index (χ4v) is 3.82. The Labute approximate surface area is 174 Å². The second kappa shape index (κ2) is 9.32. The molecule has 0 radical (unpaired) electrons. The van der Waals surface area contributed by atoms with Gasteiger partial charge in [0.1, 0.15) is 17.1 Å². The Morgan fingerprint density at radius 1 is 1.21 bits per heavy atom. The lowest BCUT2D eigenvalue weighted by molar-refractivity contribution is 0.0984. The molecule has 2 aromatic carbocycles. The average Bonchev–Trinajstić information content (AvgIpc) is 3.08. The number of halogens is 2. The smallest absolute Gasteiger partial charge is 0.260 e. The van der Waals surface area contributed by atoms with Crippen molar-refractivity contribution in [3.05, 3.63) is 53.3 Å². The average molecular weight is 424 g/mol. The van der Waals surface area contributed by atoms with Gasteiger partial charge in [-0.25, -0.2) is 9.37 Å². The monoisotopic (exact) mass is 423 g/mol. The zero-order chi connectivity index (χ0) is 19.6. The van der Waals surface area contributed by atoms with E-state index >= 15 is 0 Å². The molecule has 0 saturated carbocycles. The van der Waals surface area contributed by atoms with Crippen LogP contribution < -0.4 is 9.64 Å². The number of methoxy groups -OCH3 is 1. The summed E-state index contributed by atoms with van der Waals surface area (Å²) in [5, 5.41) is 0.578. The number of hydrogen-bond acceptors (Lipinski definition) is 5. The van der Waals surface area contributed by atoms with Crippen molar-refractivity contribution in [1.82, 2.24) is 9.88 Å². The predicted octanol–water partition coefficient (Wildman–Crippen LogP) is 4.38. The molecule has 28 heavy (non-hydrogen) atoms. The third-order valence-corrected chi connectivity index (χ3v) is 5.44. The highest BCUT2D eigenvalue weighted by atomic mass is 35.5. The van der Waals surface area contributed by atoms with Gasteiger partial charge in [0.2, 0.25) is 0 Å². The summed E-state index contributed by atoms with van der Waals surface area (Å²) in [6.45, 7) is 3.11. The molecule has 0 unspecified atom stereocenters. The maximum absolute atomic E-state index is 13.6. The van der Waals surface area contributed by atoms with E-state index in [9.17, 15) is 9.18 Å². The largest absolute Gasteiger partial charge is 0.494 e. The first-order chi connectivity index (χ1) is 12.9. The molecule has 1 amide bonds. The van der Waals surface area contributed by atoms with Crippen molar-refractivity contribution in [2.45, 2.75) is 6.92 Å². The number of hydrogen-bond donors (Lipinski definition) is 0. The zero-order valence-corrected chi connectivity index (χ0v) is 17.9. The maximum atomic E-state index is 13.6. The summed E-state index contributed by atoms with van der Waals surface area (Å²) in [7, 11) is 5.48. The number of aryl methyl sites for hydroxylation is 1. The van der Waals surface area contributed by atoms with Crippen LogP contribution in [-0.2, 0) is 0 Å². The standard InChI is InChI=1S/C20H22FN3O2S.ClH/c1-13-8-9-16(26-4)17-18(13)27-20(22-17)24(11-10-23(2)3)19(25)14-6-5-7-15(21)12-14;/h5-9,12H,10-11H2,1-4H3;1H. The van der Waals surface area contributed by atoms with Crippen LogP contribution >= 0.6 is 23.7 Å². The molecule has 150 valence electrons. The molecule has 0 saturated heterocycles. The number of amides is 1. The van der Waals surface area contributed by atoms with Gasteiger partial charge in [0.25, 0.3) is 5.91 Å². The highest BCUT2D eigenvalue weighted by molar-refractivity contribution is 7.22. The topological polar surface area (TPSA) is 45.7 Å². The van der Waals surface area contributed by atoms with E-state index in [1.807, 2.05) is 38.1 Å². The number of rotatable bonds is 6. The van der Waals surface area contributed by atoms with Gasteiger partial charge in [0.05, 0.1) is 11.8 Å². The Bertz CT molecular complexity index is 977. The lowest BCUT2D eigenvalue weighted by Crippen LogP contribution is -2.36. The Hall–Kier alpha value is -2.22. The normalized spacial score (nSPS) is 10.8. The molecular formula is C20H23ClFN3O2S. The van der Waals surface area contributed by atoms with E-state index in [1.165, 1.54) is 29.5 Å². The van der Waals surface area contributed by atoms with Crippen molar-refractivity contribution in [3.63, 3.8) is 0 Å². The molecule has 5 nitrogen and oxygen atoms in total. The molecule has 3 rings (SSSR count). The van der Waals surface area contributed by atoms with Crippen LogP contribution in [0.25, 0.3) is 10.2 Å². The van der Waals surface area contributed by atoms with Gasteiger partial charge in [-0.05, 0) is 50.8 Å². The number of fused-ring (bicyclic) bond motifs is 1. The number of nitrogens with zero attached hydrogens (tertiary/aromatic N) is 3. The van der Waals surface area contributed by atoms with Crippen molar-refractivity contribution >= 4 is 45.0 Å². The predicted molar refractivity (Wildman–Crippen MR) is 115 cm³/mol. The van der Waals surface area contributed by atoms with Gasteiger partial charge < -0.3 is 9.64 Å². The molecule has 1 aromatic heterocycles. The molecule has 8 heteroatoms. The van der Waals surface area contributed by atoms with E-state index in [-0.39, 0.29) is 18.3 Å². The minimum absolute atomic E-state index is 0. The van der Waals surface area contributed by atoms with Crippen molar-refractivity contribution < 1.29 is 13.9 Å². The zero-order valence-electron chi connectivity index (χ0n) is 16.2. The van der Waals surface area contributed by atoms with Crippen molar-refractivity contribution in [1.29, 1.82) is 0 Å². The number of ether oxygens (including phenoxy) is 1. The van der Waals surface area contributed by atoms with E-state index in [0.29, 0.717) is 29.5 Å². The number of carbonyl (C=O) groups is 1. The van der Waals surface area contributed by atoms with Gasteiger partial charge >= 0.3 is 0 Å². The van der Waals surface area contributed by atoms with Gasteiger partial charge in [0, 0.05) is 18.7 Å². The highest BCUT2D eigenvalue weighted by Gasteiger charge is 2.23. The van der Waals surface area contributed by atoms with E-state index < -0.39 is 5.82 Å². The van der Waals surface area contributed by atoms with E-state index in [0.717, 1.165) is 15.8 Å². The summed E-state index contributed by atoms with van der Waals surface area (Å²) in [6.07, 6.45) is 0. The van der Waals surface area contributed by atoms with Crippen LogP contribution in [0.3, 0.4) is 0 Å². The van der Waals surface area contributed by atoms with Crippen LogP contribution in [0, 0.1) is 12.7 Å². The summed E-state index contributed by atoms with van der Waals surface area (Å²) in [6, 6.07) is 9.59. The molecule has 0 aliphatic heterocycles. The molecule has 0 aliphatic rings. The van der Waals surface area contributed by atoms with Gasteiger partial charge in [-0.1, -0.05) is 23.5 Å². The van der Waals surface area contributed by atoms with Crippen molar-refractivity contribution in [3.8, 4) is 5.75 Å². The minimum atomic E-state index is -0.435. The second-order valence-corrected chi connectivity index (χ2v) is 7.51. The fourth-order valence-electron chi connectivity index (χ4n) is 2.74. The molecule has 0 spiro atoms. The third-order valence-electron chi connectivity index (χ3n) is 4.23. The second-order valence-electron chi connectivity index (χ2n) is 6.53. The molecular weight excluding hydrogens is 401 g/mol. The van der Waals surface area contributed by atoms with E-state index in [4.69, 9.17) is 4.74 Å². The number of likely N-dealkylation sites (N-methyl/N-ethyl adjacent to an activating group) is 1. The van der Waals surface area contributed by atoms with Crippen molar-refractivity contribution in [2.75, 3.05) is 39.2 Å². The molecule has 0 N–H and O–H groups in total. The van der Waals surface area contributed by atoms with E-state index in [2.05, 4.69) is 4.98 Å². The third kappa shape index (κ3) is 4.60. The Morgan fingerprint density at radius 2 is 1.96 bits per heavy atom. The number of anilines is 1. The van der Waals surface area contributed by atoms with Gasteiger partial charge in [-0.2, -0.15) is 0 Å². The van der Waals surface area contributed by atoms with Gasteiger partial charge in [-0.3, -0.25) is 9.69 Å². The quantitative estimate of drug-likeness (QED) is 0.590. The van der Waals surface area contributed by atoms with Crippen LogP contribution in [-0.4, -0.2) is 50.1 Å². The SMILES string of the molecule is COc1ccc(C)c2sc(N(CCN(C)C)C(=O)c3cccc(F)c3)nc12.Cl. The highest BCUT2D eigenvalue weighted by Crippen LogP contribution is 2.36. The van der Waals surface area contributed by atoms with Gasteiger partial charge in [-0.15, -0.1) is 12.4 Å². The molecule has 0 fully saturated rings. The number of aromatic nitrogens is 1. The molecule has 3 aromatic rings. The molecule has 0 atom stereocenters.